The van der Waals surface area contributed by atoms with E-state index in [0.29, 0.717) is 0 Å². The monoisotopic (exact) mass is 263 g/mol. The summed E-state index contributed by atoms with van der Waals surface area (Å²) in [7, 11) is 0. The summed E-state index contributed by atoms with van der Waals surface area (Å²) in [6.07, 6.45) is 3.52. The lowest BCUT2D eigenvalue weighted by molar-refractivity contribution is -0.136. The minimum Gasteiger partial charge on any atom is -0.481 e. The maximum Gasteiger partial charge on any atom is 0.307 e. The maximum absolute atomic E-state index is 10.6. The second-order valence-corrected chi connectivity index (χ2v) is 5.19. The molecule has 4 heteroatoms. The summed E-state index contributed by atoms with van der Waals surface area (Å²) in [5, 5.41) is 18.1. The van der Waals surface area contributed by atoms with Crippen molar-refractivity contribution in [3.8, 4) is 0 Å². The van der Waals surface area contributed by atoms with E-state index in [1.165, 1.54) is 18.4 Å². The highest BCUT2D eigenvalue weighted by Crippen LogP contribution is 2.19. The lowest BCUT2D eigenvalue weighted by Crippen LogP contribution is -2.41. The first-order chi connectivity index (χ1) is 9.19. The van der Waals surface area contributed by atoms with Gasteiger partial charge in [0.15, 0.2) is 0 Å². The molecule has 4 nitrogen and oxygen atoms in total. The van der Waals surface area contributed by atoms with Crippen LogP contribution in [0.25, 0.3) is 0 Å². The molecule has 1 aliphatic rings. The zero-order chi connectivity index (χ0) is 13.7. The number of hydrogen-bond donors (Lipinski definition) is 2. The maximum atomic E-state index is 10.6. The predicted octanol–water partition coefficient (Wildman–Crippen LogP) is 1.66. The van der Waals surface area contributed by atoms with Gasteiger partial charge in [-0.1, -0.05) is 30.7 Å². The molecule has 1 aromatic carbocycles. The number of carboxylic acid groups (broad SMARTS) is 1. The molecule has 0 amide bonds. The molecule has 1 atom stereocenters. The lowest BCUT2D eigenvalue weighted by Gasteiger charge is -2.34. The number of carbonyl (C=O) groups is 1. The fourth-order valence-corrected chi connectivity index (χ4v) is 2.65. The van der Waals surface area contributed by atoms with Gasteiger partial charge in [-0.15, -0.1) is 0 Å². The predicted molar refractivity (Wildman–Crippen MR) is 72.9 cm³/mol. The number of aliphatic hydroxyl groups is 1. The van der Waals surface area contributed by atoms with Gasteiger partial charge < -0.3 is 10.2 Å². The molecule has 0 bridgehead atoms. The van der Waals surface area contributed by atoms with Crippen LogP contribution in [-0.4, -0.2) is 40.3 Å². The topological polar surface area (TPSA) is 60.8 Å². The SMILES string of the molecule is O=C(O)Cc1ccc(CN2CCCCC2CO)cc1. The van der Waals surface area contributed by atoms with Crippen molar-refractivity contribution in [3.05, 3.63) is 35.4 Å². The molecule has 1 unspecified atom stereocenters. The number of aliphatic carboxylic acids is 1. The summed E-state index contributed by atoms with van der Waals surface area (Å²) in [6, 6.07) is 8.00. The van der Waals surface area contributed by atoms with Gasteiger partial charge in [0.2, 0.25) is 0 Å². The molecule has 1 aliphatic heterocycles. The third kappa shape index (κ3) is 4.04. The van der Waals surface area contributed by atoms with Crippen molar-refractivity contribution in [1.29, 1.82) is 0 Å². The van der Waals surface area contributed by atoms with Crippen LogP contribution in [0.15, 0.2) is 24.3 Å². The number of hydrogen-bond acceptors (Lipinski definition) is 3. The highest BCUT2D eigenvalue weighted by Gasteiger charge is 2.21. The van der Waals surface area contributed by atoms with Gasteiger partial charge in [-0.25, -0.2) is 0 Å². The first-order valence-electron chi connectivity index (χ1n) is 6.83. The second kappa shape index (κ2) is 6.68. The van der Waals surface area contributed by atoms with E-state index >= 15 is 0 Å². The van der Waals surface area contributed by atoms with Gasteiger partial charge in [0.1, 0.15) is 0 Å². The van der Waals surface area contributed by atoms with Gasteiger partial charge in [-0.3, -0.25) is 9.69 Å². The molecular weight excluding hydrogens is 242 g/mol. The highest BCUT2D eigenvalue weighted by molar-refractivity contribution is 5.70. The Kier molecular flexibility index (Phi) is 4.93. The van der Waals surface area contributed by atoms with Crippen LogP contribution in [0.2, 0.25) is 0 Å². The fraction of sp³-hybridized carbons (Fsp3) is 0.533. The Morgan fingerprint density at radius 1 is 1.21 bits per heavy atom. The minimum atomic E-state index is -0.802. The van der Waals surface area contributed by atoms with Crippen molar-refractivity contribution in [3.63, 3.8) is 0 Å². The van der Waals surface area contributed by atoms with Gasteiger partial charge in [-0.05, 0) is 30.5 Å². The molecule has 1 aromatic rings. The molecule has 19 heavy (non-hydrogen) atoms. The molecule has 1 saturated heterocycles. The third-order valence-corrected chi connectivity index (χ3v) is 3.72. The average Bonchev–Trinajstić information content (AvgIpc) is 2.41. The minimum absolute atomic E-state index is 0.0727. The molecule has 1 heterocycles. The first kappa shape index (κ1) is 14.0. The molecule has 104 valence electrons. The van der Waals surface area contributed by atoms with Crippen LogP contribution in [0.1, 0.15) is 30.4 Å². The van der Waals surface area contributed by atoms with Crippen molar-refractivity contribution in [2.75, 3.05) is 13.2 Å². The van der Waals surface area contributed by atoms with Crippen LogP contribution in [-0.2, 0) is 17.8 Å². The Hall–Kier alpha value is -1.39. The standard InChI is InChI=1S/C15H21NO3/c17-11-14-3-1-2-8-16(14)10-13-6-4-12(5-7-13)9-15(18)19/h4-7,14,17H,1-3,8-11H2,(H,18,19). The van der Waals surface area contributed by atoms with Gasteiger partial charge in [0.05, 0.1) is 13.0 Å². The third-order valence-electron chi connectivity index (χ3n) is 3.72. The number of benzene rings is 1. The molecule has 1 fully saturated rings. The molecule has 0 aromatic heterocycles. The van der Waals surface area contributed by atoms with E-state index in [-0.39, 0.29) is 19.1 Å². The van der Waals surface area contributed by atoms with Crippen LogP contribution >= 0.6 is 0 Å². The quantitative estimate of drug-likeness (QED) is 0.848. The van der Waals surface area contributed by atoms with Crippen LogP contribution in [0.4, 0.5) is 0 Å². The van der Waals surface area contributed by atoms with Crippen molar-refractivity contribution >= 4 is 5.97 Å². The number of aliphatic hydroxyl groups excluding tert-OH is 1. The van der Waals surface area contributed by atoms with Gasteiger partial charge in [0.25, 0.3) is 0 Å². The second-order valence-electron chi connectivity index (χ2n) is 5.19. The largest absolute Gasteiger partial charge is 0.481 e. The molecule has 0 radical (unpaired) electrons. The Labute approximate surface area is 113 Å². The van der Waals surface area contributed by atoms with Crippen molar-refractivity contribution in [2.24, 2.45) is 0 Å². The number of carboxylic acids is 1. The number of rotatable bonds is 5. The summed E-state index contributed by atoms with van der Waals surface area (Å²) < 4.78 is 0. The summed E-state index contributed by atoms with van der Waals surface area (Å²) in [4.78, 5) is 12.9. The highest BCUT2D eigenvalue weighted by atomic mass is 16.4. The molecule has 0 spiro atoms. The Bertz CT molecular complexity index is 416. The van der Waals surface area contributed by atoms with E-state index in [4.69, 9.17) is 5.11 Å². The lowest BCUT2D eigenvalue weighted by atomic mass is 10.0. The Morgan fingerprint density at radius 2 is 1.89 bits per heavy atom. The molecule has 0 aliphatic carbocycles. The van der Waals surface area contributed by atoms with Crippen LogP contribution in [0.3, 0.4) is 0 Å². The summed E-state index contributed by atoms with van der Waals surface area (Å²) in [6.45, 7) is 2.08. The van der Waals surface area contributed by atoms with Gasteiger partial charge >= 0.3 is 5.97 Å². The van der Waals surface area contributed by atoms with E-state index in [1.54, 1.807) is 0 Å². The zero-order valence-electron chi connectivity index (χ0n) is 11.1. The molecular formula is C15H21NO3. The number of likely N-dealkylation sites (tertiary alicyclic amines) is 1. The van der Waals surface area contributed by atoms with E-state index in [1.807, 2.05) is 24.3 Å². The Morgan fingerprint density at radius 3 is 2.53 bits per heavy atom. The number of piperidine rings is 1. The average molecular weight is 263 g/mol. The van der Waals surface area contributed by atoms with Crippen LogP contribution < -0.4 is 0 Å². The smallest absolute Gasteiger partial charge is 0.307 e. The normalized spacial score (nSPS) is 20.4. The molecule has 0 saturated carbocycles. The summed E-state index contributed by atoms with van der Waals surface area (Å²) >= 11 is 0. The van der Waals surface area contributed by atoms with E-state index in [2.05, 4.69) is 4.90 Å². The fourth-order valence-electron chi connectivity index (χ4n) is 2.65. The van der Waals surface area contributed by atoms with E-state index in [9.17, 15) is 9.90 Å². The summed E-state index contributed by atoms with van der Waals surface area (Å²) in [5.41, 5.74) is 2.00. The van der Waals surface area contributed by atoms with Crippen LogP contribution in [0, 0.1) is 0 Å². The first-order valence-corrected chi connectivity index (χ1v) is 6.83. The van der Waals surface area contributed by atoms with Crippen molar-refractivity contribution < 1.29 is 15.0 Å². The van der Waals surface area contributed by atoms with E-state index in [0.717, 1.165) is 25.1 Å². The van der Waals surface area contributed by atoms with Gasteiger partial charge in [-0.2, -0.15) is 0 Å². The van der Waals surface area contributed by atoms with Crippen LogP contribution in [0.5, 0.6) is 0 Å². The van der Waals surface area contributed by atoms with Crippen molar-refractivity contribution in [1.82, 2.24) is 4.90 Å². The molecule has 2 N–H and O–H groups in total. The van der Waals surface area contributed by atoms with Gasteiger partial charge in [0, 0.05) is 12.6 Å². The number of nitrogens with zero attached hydrogens (tertiary/aromatic N) is 1. The van der Waals surface area contributed by atoms with Crippen molar-refractivity contribution in [2.45, 2.75) is 38.3 Å². The zero-order valence-corrected chi connectivity index (χ0v) is 11.1. The molecule has 2 rings (SSSR count). The summed E-state index contributed by atoms with van der Waals surface area (Å²) in [5.74, 6) is -0.802. The Balaban J connectivity index is 1.96. The van der Waals surface area contributed by atoms with E-state index < -0.39 is 5.97 Å².